The molecule has 0 spiro atoms. The zero-order valence-corrected chi connectivity index (χ0v) is 16.3. The topological polar surface area (TPSA) is 81.4 Å². The third kappa shape index (κ3) is 4.08. The molecule has 146 valence electrons. The monoisotopic (exact) mass is 387 g/mol. The van der Waals surface area contributed by atoms with E-state index in [4.69, 9.17) is 4.74 Å². The normalized spacial score (nSPS) is 10.8. The van der Waals surface area contributed by atoms with Crippen LogP contribution in [-0.2, 0) is 6.54 Å². The van der Waals surface area contributed by atoms with E-state index in [1.807, 2.05) is 56.3 Å². The van der Waals surface area contributed by atoms with E-state index in [-0.39, 0.29) is 5.91 Å². The van der Waals surface area contributed by atoms with Crippen LogP contribution in [0.15, 0.2) is 60.9 Å². The first-order chi connectivity index (χ1) is 14.1. The smallest absolute Gasteiger partial charge is 0.272 e. The highest BCUT2D eigenvalue weighted by Crippen LogP contribution is 2.23. The maximum atomic E-state index is 12.5. The Balaban J connectivity index is 1.57. The van der Waals surface area contributed by atoms with Crippen LogP contribution in [0.3, 0.4) is 0 Å². The van der Waals surface area contributed by atoms with Crippen molar-refractivity contribution < 1.29 is 9.53 Å². The number of amides is 1. The third-order valence-corrected chi connectivity index (χ3v) is 4.47. The SMILES string of the molecule is CCOc1ccc(-c2cc(C)n3nc(C(=O)NCc4cccnc4)cc3n2)cc1. The van der Waals surface area contributed by atoms with Crippen molar-refractivity contribution in [3.63, 3.8) is 0 Å². The minimum atomic E-state index is -0.249. The fraction of sp³-hybridized carbons (Fsp3) is 0.182. The molecule has 1 aromatic carbocycles. The largest absolute Gasteiger partial charge is 0.494 e. The Morgan fingerprint density at radius 3 is 2.72 bits per heavy atom. The Morgan fingerprint density at radius 1 is 1.17 bits per heavy atom. The summed E-state index contributed by atoms with van der Waals surface area (Å²) in [4.78, 5) is 21.2. The first kappa shape index (κ1) is 18.6. The van der Waals surface area contributed by atoms with Gasteiger partial charge in [-0.1, -0.05) is 6.07 Å². The number of ether oxygens (including phenoxy) is 1. The molecule has 0 bridgehead atoms. The molecule has 0 unspecified atom stereocenters. The van der Waals surface area contributed by atoms with E-state index >= 15 is 0 Å². The number of hydrogen-bond donors (Lipinski definition) is 1. The van der Waals surface area contributed by atoms with Gasteiger partial charge in [0.2, 0.25) is 0 Å². The Kier molecular flexibility index (Phi) is 5.20. The fourth-order valence-corrected chi connectivity index (χ4v) is 3.05. The van der Waals surface area contributed by atoms with Crippen LogP contribution in [0.5, 0.6) is 5.75 Å². The fourth-order valence-electron chi connectivity index (χ4n) is 3.05. The number of carbonyl (C=O) groups excluding carboxylic acids is 1. The zero-order valence-electron chi connectivity index (χ0n) is 16.3. The molecule has 3 aromatic heterocycles. The molecule has 0 aliphatic rings. The summed E-state index contributed by atoms with van der Waals surface area (Å²) in [5, 5.41) is 7.27. The standard InChI is InChI=1S/C22H21N5O2/c1-3-29-18-8-6-17(7-9-18)19-11-15(2)27-21(25-19)12-20(26-27)22(28)24-14-16-5-4-10-23-13-16/h4-13H,3,14H2,1-2H3,(H,24,28). The van der Waals surface area contributed by atoms with Crippen molar-refractivity contribution in [2.75, 3.05) is 6.61 Å². The average Bonchev–Trinajstić information content (AvgIpc) is 3.19. The Labute approximate surface area is 168 Å². The summed E-state index contributed by atoms with van der Waals surface area (Å²) in [5.74, 6) is 0.576. The highest BCUT2D eigenvalue weighted by atomic mass is 16.5. The number of nitrogens with zero attached hydrogens (tertiary/aromatic N) is 4. The molecule has 1 amide bonds. The summed E-state index contributed by atoms with van der Waals surface area (Å²) in [6, 6.07) is 15.2. The van der Waals surface area contributed by atoms with E-state index in [2.05, 4.69) is 20.4 Å². The number of aryl methyl sites for hydroxylation is 1. The number of pyridine rings is 1. The van der Waals surface area contributed by atoms with Gasteiger partial charge in [-0.05, 0) is 55.8 Å². The van der Waals surface area contributed by atoms with E-state index in [1.165, 1.54) is 0 Å². The van der Waals surface area contributed by atoms with Gasteiger partial charge in [0.25, 0.3) is 5.91 Å². The summed E-state index contributed by atoms with van der Waals surface area (Å²) in [6.45, 7) is 4.92. The van der Waals surface area contributed by atoms with Crippen LogP contribution < -0.4 is 10.1 Å². The van der Waals surface area contributed by atoms with Gasteiger partial charge in [-0.15, -0.1) is 0 Å². The molecule has 0 atom stereocenters. The molecule has 0 aliphatic carbocycles. The summed E-state index contributed by atoms with van der Waals surface area (Å²) >= 11 is 0. The molecule has 0 saturated carbocycles. The van der Waals surface area contributed by atoms with Gasteiger partial charge in [-0.25, -0.2) is 9.50 Å². The Bertz CT molecular complexity index is 1140. The zero-order chi connectivity index (χ0) is 20.2. The van der Waals surface area contributed by atoms with Gasteiger partial charge in [-0.3, -0.25) is 9.78 Å². The van der Waals surface area contributed by atoms with Gasteiger partial charge < -0.3 is 10.1 Å². The molecule has 29 heavy (non-hydrogen) atoms. The van der Waals surface area contributed by atoms with Gasteiger partial charge >= 0.3 is 0 Å². The number of nitrogens with one attached hydrogen (secondary N) is 1. The number of benzene rings is 1. The molecule has 0 saturated heterocycles. The summed E-state index contributed by atoms with van der Waals surface area (Å²) in [5.41, 5.74) is 4.57. The first-order valence-electron chi connectivity index (χ1n) is 9.42. The molecular weight excluding hydrogens is 366 g/mol. The summed E-state index contributed by atoms with van der Waals surface area (Å²) in [6.07, 6.45) is 3.42. The number of hydrogen-bond acceptors (Lipinski definition) is 5. The van der Waals surface area contributed by atoms with Crippen LogP contribution in [0, 0.1) is 6.92 Å². The van der Waals surface area contributed by atoms with E-state index in [9.17, 15) is 4.79 Å². The van der Waals surface area contributed by atoms with Crippen LogP contribution >= 0.6 is 0 Å². The molecule has 4 rings (SSSR count). The minimum Gasteiger partial charge on any atom is -0.494 e. The molecule has 7 heteroatoms. The predicted molar refractivity (Wildman–Crippen MR) is 110 cm³/mol. The Morgan fingerprint density at radius 2 is 2.00 bits per heavy atom. The van der Waals surface area contributed by atoms with E-state index in [0.29, 0.717) is 24.5 Å². The number of rotatable bonds is 6. The lowest BCUT2D eigenvalue weighted by molar-refractivity contribution is 0.0945. The third-order valence-electron chi connectivity index (χ3n) is 4.47. The minimum absolute atomic E-state index is 0.249. The first-order valence-corrected chi connectivity index (χ1v) is 9.42. The van der Waals surface area contributed by atoms with Gasteiger partial charge in [0.05, 0.1) is 12.3 Å². The lowest BCUT2D eigenvalue weighted by atomic mass is 10.1. The summed E-state index contributed by atoms with van der Waals surface area (Å²) < 4.78 is 7.17. The van der Waals surface area contributed by atoms with Crippen molar-refractivity contribution in [1.82, 2.24) is 24.9 Å². The van der Waals surface area contributed by atoms with Crippen molar-refractivity contribution in [3.8, 4) is 17.0 Å². The molecule has 7 nitrogen and oxygen atoms in total. The van der Waals surface area contributed by atoms with Crippen LogP contribution in [0.4, 0.5) is 0 Å². The van der Waals surface area contributed by atoms with Gasteiger partial charge in [0.1, 0.15) is 5.75 Å². The number of aromatic nitrogens is 4. The van der Waals surface area contributed by atoms with E-state index < -0.39 is 0 Å². The van der Waals surface area contributed by atoms with Crippen LogP contribution in [0.1, 0.15) is 28.7 Å². The average molecular weight is 387 g/mol. The molecule has 4 aromatic rings. The van der Waals surface area contributed by atoms with E-state index in [1.54, 1.807) is 23.0 Å². The van der Waals surface area contributed by atoms with E-state index in [0.717, 1.165) is 28.3 Å². The highest BCUT2D eigenvalue weighted by Gasteiger charge is 2.14. The second kappa shape index (κ2) is 8.10. The Hall–Kier alpha value is -3.74. The predicted octanol–water partition coefficient (Wildman–Crippen LogP) is 3.43. The maximum Gasteiger partial charge on any atom is 0.272 e. The lowest BCUT2D eigenvalue weighted by Gasteiger charge is -2.06. The molecule has 0 aliphatic heterocycles. The highest BCUT2D eigenvalue weighted by molar-refractivity contribution is 5.93. The maximum absolute atomic E-state index is 12.5. The lowest BCUT2D eigenvalue weighted by Crippen LogP contribution is -2.23. The quantitative estimate of drug-likeness (QED) is 0.548. The van der Waals surface area contributed by atoms with Crippen LogP contribution in [0.2, 0.25) is 0 Å². The molecule has 1 N–H and O–H groups in total. The van der Waals surface area contributed by atoms with Gasteiger partial charge in [-0.2, -0.15) is 5.10 Å². The van der Waals surface area contributed by atoms with Crippen molar-refractivity contribution in [2.45, 2.75) is 20.4 Å². The van der Waals surface area contributed by atoms with Crippen molar-refractivity contribution in [1.29, 1.82) is 0 Å². The second-order valence-electron chi connectivity index (χ2n) is 6.58. The summed E-state index contributed by atoms with van der Waals surface area (Å²) in [7, 11) is 0. The molecular formula is C22H21N5O2. The number of carbonyl (C=O) groups is 1. The second-order valence-corrected chi connectivity index (χ2v) is 6.58. The van der Waals surface area contributed by atoms with Crippen molar-refractivity contribution in [2.24, 2.45) is 0 Å². The van der Waals surface area contributed by atoms with Crippen LogP contribution in [0.25, 0.3) is 16.9 Å². The van der Waals surface area contributed by atoms with Crippen molar-refractivity contribution >= 4 is 11.6 Å². The van der Waals surface area contributed by atoms with Crippen LogP contribution in [-0.4, -0.2) is 32.1 Å². The van der Waals surface area contributed by atoms with Gasteiger partial charge in [0.15, 0.2) is 11.3 Å². The molecule has 0 radical (unpaired) electrons. The number of fused-ring (bicyclic) bond motifs is 1. The molecule has 0 fully saturated rings. The molecule has 3 heterocycles. The van der Waals surface area contributed by atoms with Crippen molar-refractivity contribution in [3.05, 3.63) is 77.9 Å². The van der Waals surface area contributed by atoms with Gasteiger partial charge in [0, 0.05) is 36.3 Å².